The van der Waals surface area contributed by atoms with Crippen LogP contribution in [0.15, 0.2) is 61.0 Å². The normalized spacial score (nSPS) is 14.1. The van der Waals surface area contributed by atoms with Gasteiger partial charge in [0.05, 0.1) is 13.1 Å². The molecule has 1 saturated heterocycles. The Balaban J connectivity index is 1.84. The summed E-state index contributed by atoms with van der Waals surface area (Å²) in [5, 5.41) is 0. The third-order valence-corrected chi connectivity index (χ3v) is 7.16. The second-order valence-electron chi connectivity index (χ2n) is 7.81. The summed E-state index contributed by atoms with van der Waals surface area (Å²) >= 11 is 6.78. The number of aromatic nitrogens is 2. The highest BCUT2D eigenvalue weighted by Gasteiger charge is 2.20. The van der Waals surface area contributed by atoms with E-state index < -0.39 is 22.9 Å². The summed E-state index contributed by atoms with van der Waals surface area (Å²) in [6.07, 6.45) is 3.04. The van der Waals surface area contributed by atoms with E-state index in [1.807, 2.05) is 4.90 Å². The zero-order valence-electron chi connectivity index (χ0n) is 17.2. The Hall–Kier alpha value is -2.26. The van der Waals surface area contributed by atoms with E-state index in [-0.39, 0.29) is 13.1 Å². The minimum Gasteiger partial charge on any atom is -0.358 e. The van der Waals surface area contributed by atoms with Crippen LogP contribution in [-0.2, 0) is 13.1 Å². The van der Waals surface area contributed by atoms with E-state index >= 15 is 0 Å². The average molecular weight is 569 g/mol. The predicted molar refractivity (Wildman–Crippen MR) is 127 cm³/mol. The third kappa shape index (κ3) is 4.88. The first-order chi connectivity index (χ1) is 15.3. The first-order valence-electron chi connectivity index (χ1n) is 10.3. The molecule has 0 amide bonds. The van der Waals surface area contributed by atoms with Crippen LogP contribution in [0.4, 0.5) is 14.6 Å². The molecule has 0 saturated carbocycles. The lowest BCUT2D eigenvalue weighted by molar-refractivity contribution is 0.540. The summed E-state index contributed by atoms with van der Waals surface area (Å²) in [5.41, 5.74) is 0.0857. The Labute approximate surface area is 200 Å². The van der Waals surface area contributed by atoms with Gasteiger partial charge in [0.25, 0.3) is 5.56 Å². The maximum absolute atomic E-state index is 13.9. The number of hydrogen-bond acceptors (Lipinski definition) is 3. The predicted octanol–water partition coefficient (Wildman–Crippen LogP) is 4.90. The van der Waals surface area contributed by atoms with Crippen molar-refractivity contribution in [3.8, 4) is 0 Å². The van der Waals surface area contributed by atoms with Crippen molar-refractivity contribution >= 4 is 37.7 Å². The van der Waals surface area contributed by atoms with Crippen LogP contribution in [0.2, 0.25) is 0 Å². The van der Waals surface area contributed by atoms with Crippen LogP contribution in [0.5, 0.6) is 0 Å². The fourth-order valence-electron chi connectivity index (χ4n) is 3.95. The highest BCUT2D eigenvalue weighted by Crippen LogP contribution is 2.23. The smallest absolute Gasteiger partial charge is 0.333 e. The molecule has 3 aromatic rings. The van der Waals surface area contributed by atoms with Crippen LogP contribution in [0.25, 0.3) is 0 Å². The highest BCUT2D eigenvalue weighted by atomic mass is 79.9. The summed E-state index contributed by atoms with van der Waals surface area (Å²) in [5.74, 6) is -0.344. The first-order valence-corrected chi connectivity index (χ1v) is 11.9. The van der Waals surface area contributed by atoms with Gasteiger partial charge in [0.2, 0.25) is 0 Å². The van der Waals surface area contributed by atoms with E-state index in [0.717, 1.165) is 36.9 Å². The highest BCUT2D eigenvalue weighted by molar-refractivity contribution is 9.10. The van der Waals surface area contributed by atoms with Gasteiger partial charge in [-0.1, -0.05) is 31.9 Å². The summed E-state index contributed by atoms with van der Waals surface area (Å²) in [4.78, 5) is 28.5. The Morgan fingerprint density at radius 1 is 0.750 bits per heavy atom. The minimum atomic E-state index is -0.523. The van der Waals surface area contributed by atoms with Gasteiger partial charge in [-0.2, -0.15) is 0 Å². The van der Waals surface area contributed by atoms with Crippen molar-refractivity contribution in [3.05, 3.63) is 95.0 Å². The van der Waals surface area contributed by atoms with Gasteiger partial charge in [0, 0.05) is 28.1 Å². The molecule has 0 bridgehead atoms. The number of anilines is 1. The lowest BCUT2D eigenvalue weighted by Gasteiger charge is -2.31. The van der Waals surface area contributed by atoms with Gasteiger partial charge in [-0.05, 0) is 66.8 Å². The second kappa shape index (κ2) is 9.70. The van der Waals surface area contributed by atoms with Crippen LogP contribution >= 0.6 is 31.9 Å². The van der Waals surface area contributed by atoms with E-state index in [1.54, 1.807) is 12.1 Å². The Bertz CT molecular complexity index is 1270. The zero-order chi connectivity index (χ0) is 22.8. The lowest BCUT2D eigenvalue weighted by Crippen LogP contribution is -2.44. The van der Waals surface area contributed by atoms with Crippen molar-refractivity contribution in [2.75, 3.05) is 18.0 Å². The van der Waals surface area contributed by atoms with Crippen molar-refractivity contribution in [1.82, 2.24) is 9.13 Å². The average Bonchev–Trinajstić information content (AvgIpc) is 2.78. The molecule has 2 heterocycles. The lowest BCUT2D eigenvalue weighted by atomic mass is 10.1. The van der Waals surface area contributed by atoms with Gasteiger partial charge >= 0.3 is 5.69 Å². The van der Waals surface area contributed by atoms with E-state index in [4.69, 9.17) is 0 Å². The molecule has 1 aromatic heterocycles. The largest absolute Gasteiger partial charge is 0.358 e. The van der Waals surface area contributed by atoms with Crippen molar-refractivity contribution in [2.45, 2.75) is 32.4 Å². The number of hydrogen-bond donors (Lipinski definition) is 0. The number of piperidine rings is 1. The third-order valence-electron chi connectivity index (χ3n) is 5.61. The first kappa shape index (κ1) is 22.9. The van der Waals surface area contributed by atoms with Gasteiger partial charge in [0.1, 0.15) is 17.5 Å². The van der Waals surface area contributed by atoms with Crippen LogP contribution in [0.1, 0.15) is 30.4 Å². The molecule has 168 valence electrons. The molecular formula is C23H21Br2F2N3O2. The molecule has 0 spiro atoms. The van der Waals surface area contributed by atoms with Gasteiger partial charge in [-0.3, -0.25) is 13.9 Å². The Morgan fingerprint density at radius 3 is 1.84 bits per heavy atom. The molecule has 32 heavy (non-hydrogen) atoms. The molecule has 5 nitrogen and oxygen atoms in total. The fourth-order valence-corrected chi connectivity index (χ4v) is 4.70. The van der Waals surface area contributed by atoms with Crippen molar-refractivity contribution in [1.29, 1.82) is 0 Å². The van der Waals surface area contributed by atoms with E-state index in [9.17, 15) is 18.4 Å². The summed E-state index contributed by atoms with van der Waals surface area (Å²) in [6, 6.07) is 9.89. The topological polar surface area (TPSA) is 47.2 Å². The summed E-state index contributed by atoms with van der Waals surface area (Å²) < 4.78 is 31.5. The Kier molecular flexibility index (Phi) is 6.95. The SMILES string of the molecule is O=c1cc(N2CCCCC2)n(Cc2cc(F)ccc2Br)c(=O)n1Cc1cc(F)ccc1Br. The van der Waals surface area contributed by atoms with E-state index in [2.05, 4.69) is 31.9 Å². The number of halogens is 4. The minimum absolute atomic E-state index is 0.0827. The molecule has 2 aromatic carbocycles. The summed E-state index contributed by atoms with van der Waals surface area (Å²) in [7, 11) is 0. The van der Waals surface area contributed by atoms with Crippen LogP contribution in [-0.4, -0.2) is 22.2 Å². The molecule has 9 heteroatoms. The number of nitrogens with zero attached hydrogens (tertiary/aromatic N) is 3. The van der Waals surface area contributed by atoms with E-state index in [1.165, 1.54) is 34.9 Å². The second-order valence-corrected chi connectivity index (χ2v) is 9.52. The van der Waals surface area contributed by atoms with Gasteiger partial charge in [0.15, 0.2) is 0 Å². The van der Waals surface area contributed by atoms with Crippen LogP contribution < -0.4 is 16.1 Å². The molecule has 1 fully saturated rings. The molecule has 0 aliphatic carbocycles. The maximum Gasteiger partial charge on any atom is 0.333 e. The molecule has 0 atom stereocenters. The standard InChI is InChI=1S/C23H21Br2F2N3O2/c24-19-6-4-17(26)10-15(19)13-29-21(28-8-2-1-3-9-28)12-22(31)30(23(29)32)14-16-11-18(27)5-7-20(16)25/h4-7,10-12H,1-3,8-9,13-14H2. The molecule has 4 rings (SSSR count). The molecule has 1 aliphatic rings. The zero-order valence-corrected chi connectivity index (χ0v) is 20.3. The molecule has 0 N–H and O–H groups in total. The van der Waals surface area contributed by atoms with Crippen molar-refractivity contribution < 1.29 is 8.78 Å². The van der Waals surface area contributed by atoms with Crippen LogP contribution in [0.3, 0.4) is 0 Å². The number of benzene rings is 2. The molecular weight excluding hydrogens is 548 g/mol. The maximum atomic E-state index is 13.9. The van der Waals surface area contributed by atoms with Crippen molar-refractivity contribution in [3.63, 3.8) is 0 Å². The van der Waals surface area contributed by atoms with Gasteiger partial charge < -0.3 is 4.90 Å². The Morgan fingerprint density at radius 2 is 1.28 bits per heavy atom. The molecule has 0 unspecified atom stereocenters. The van der Waals surface area contributed by atoms with Crippen LogP contribution in [0, 0.1) is 11.6 Å². The summed E-state index contributed by atoms with van der Waals surface area (Å²) in [6.45, 7) is 1.49. The monoisotopic (exact) mass is 567 g/mol. The van der Waals surface area contributed by atoms with Gasteiger partial charge in [-0.25, -0.2) is 13.6 Å². The quantitative estimate of drug-likeness (QED) is 0.440. The van der Waals surface area contributed by atoms with Gasteiger partial charge in [-0.15, -0.1) is 0 Å². The molecule has 1 aliphatic heterocycles. The van der Waals surface area contributed by atoms with E-state index in [0.29, 0.717) is 25.9 Å². The fraction of sp³-hybridized carbons (Fsp3) is 0.304. The molecule has 0 radical (unpaired) electrons. The van der Waals surface area contributed by atoms with Crippen molar-refractivity contribution in [2.24, 2.45) is 0 Å². The number of rotatable bonds is 5.